The average molecular weight is 285 g/mol. The van der Waals surface area contributed by atoms with Crippen molar-refractivity contribution in [3.05, 3.63) is 58.4 Å². The molecule has 20 heavy (non-hydrogen) atoms. The Hall–Kier alpha value is -2.07. The number of phenolic OH excluding ortho intramolecular Hbond substituents is 1. The second-order valence-electron chi connectivity index (χ2n) is 4.87. The number of rotatable bonds is 2. The van der Waals surface area contributed by atoms with Crippen LogP contribution >= 0.6 is 11.3 Å². The van der Waals surface area contributed by atoms with Crippen LogP contribution in [0, 0.1) is 0 Å². The molecular formula is C16H15NO2S. The lowest BCUT2D eigenvalue weighted by atomic mass is 9.98. The molecule has 1 aliphatic rings. The number of carbonyl (C=O) groups is 1. The summed E-state index contributed by atoms with van der Waals surface area (Å²) in [5.74, 6) is 0.391. The standard InChI is InChI=1S/C16H15NO2S/c1-11-10-17(12-5-2-3-6-14(12)18)13(9-15(11)19)16-7-4-8-20-16/h2-8,10,13,18H,9H2,1H3/t13-/m0/s1. The van der Waals surface area contributed by atoms with Crippen LogP contribution in [0.1, 0.15) is 24.3 Å². The second kappa shape index (κ2) is 5.13. The number of phenols is 1. The molecule has 0 fully saturated rings. The first-order valence-electron chi connectivity index (χ1n) is 6.48. The van der Waals surface area contributed by atoms with Gasteiger partial charge in [-0.05, 0) is 30.5 Å². The summed E-state index contributed by atoms with van der Waals surface area (Å²) in [7, 11) is 0. The number of benzene rings is 1. The van der Waals surface area contributed by atoms with E-state index in [4.69, 9.17) is 0 Å². The minimum absolute atomic E-state index is 0.0421. The van der Waals surface area contributed by atoms with Crippen LogP contribution in [-0.4, -0.2) is 10.9 Å². The predicted molar refractivity (Wildman–Crippen MR) is 81.0 cm³/mol. The second-order valence-corrected chi connectivity index (χ2v) is 5.85. The molecule has 0 unspecified atom stereocenters. The molecule has 0 saturated carbocycles. The Balaban J connectivity index is 2.09. The Labute approximate surface area is 121 Å². The lowest BCUT2D eigenvalue weighted by Gasteiger charge is -2.34. The lowest BCUT2D eigenvalue weighted by molar-refractivity contribution is -0.116. The van der Waals surface area contributed by atoms with E-state index in [0.717, 1.165) is 16.1 Å². The molecule has 0 radical (unpaired) electrons. The molecule has 1 aromatic carbocycles. The molecular weight excluding hydrogens is 270 g/mol. The van der Waals surface area contributed by atoms with E-state index in [1.807, 2.05) is 47.7 Å². The van der Waals surface area contributed by atoms with E-state index >= 15 is 0 Å². The molecule has 2 heterocycles. The van der Waals surface area contributed by atoms with Gasteiger partial charge in [0.05, 0.1) is 11.7 Å². The van der Waals surface area contributed by atoms with Gasteiger partial charge in [-0.2, -0.15) is 0 Å². The largest absolute Gasteiger partial charge is 0.506 e. The molecule has 1 aromatic heterocycles. The van der Waals surface area contributed by atoms with Crippen LogP contribution in [0.2, 0.25) is 0 Å². The van der Waals surface area contributed by atoms with Crippen LogP contribution in [0.4, 0.5) is 5.69 Å². The van der Waals surface area contributed by atoms with Crippen molar-refractivity contribution < 1.29 is 9.90 Å². The quantitative estimate of drug-likeness (QED) is 0.910. The Morgan fingerprint density at radius 2 is 2.05 bits per heavy atom. The maximum atomic E-state index is 12.0. The van der Waals surface area contributed by atoms with E-state index in [-0.39, 0.29) is 17.6 Å². The molecule has 0 aliphatic carbocycles. The number of thiophene rings is 1. The summed E-state index contributed by atoms with van der Waals surface area (Å²) >= 11 is 1.63. The summed E-state index contributed by atoms with van der Waals surface area (Å²) < 4.78 is 0. The summed E-state index contributed by atoms with van der Waals surface area (Å²) in [5.41, 5.74) is 1.46. The fraction of sp³-hybridized carbons (Fsp3) is 0.188. The van der Waals surface area contributed by atoms with Crippen molar-refractivity contribution in [2.75, 3.05) is 4.90 Å². The van der Waals surface area contributed by atoms with Crippen LogP contribution in [0.5, 0.6) is 5.75 Å². The molecule has 2 aromatic rings. The van der Waals surface area contributed by atoms with E-state index in [9.17, 15) is 9.90 Å². The number of anilines is 1. The molecule has 1 aliphatic heterocycles. The van der Waals surface area contributed by atoms with Crippen LogP contribution < -0.4 is 4.90 Å². The Morgan fingerprint density at radius 3 is 2.75 bits per heavy atom. The van der Waals surface area contributed by atoms with Gasteiger partial charge in [0.15, 0.2) is 5.78 Å². The van der Waals surface area contributed by atoms with Gasteiger partial charge in [0.1, 0.15) is 5.75 Å². The van der Waals surface area contributed by atoms with Crippen molar-refractivity contribution in [2.45, 2.75) is 19.4 Å². The molecule has 3 rings (SSSR count). The Bertz CT molecular complexity index is 661. The van der Waals surface area contributed by atoms with Gasteiger partial charge in [0, 0.05) is 23.1 Å². The fourth-order valence-electron chi connectivity index (χ4n) is 2.44. The van der Waals surface area contributed by atoms with E-state index < -0.39 is 0 Å². The molecule has 0 saturated heterocycles. The van der Waals surface area contributed by atoms with Crippen LogP contribution in [0.3, 0.4) is 0 Å². The number of para-hydroxylation sites is 2. The summed E-state index contributed by atoms with van der Waals surface area (Å²) in [6, 6.07) is 11.2. The number of ketones is 1. The maximum absolute atomic E-state index is 12.0. The van der Waals surface area contributed by atoms with E-state index in [0.29, 0.717) is 6.42 Å². The van der Waals surface area contributed by atoms with Crippen molar-refractivity contribution in [2.24, 2.45) is 0 Å². The zero-order chi connectivity index (χ0) is 14.1. The molecule has 1 atom stereocenters. The first-order chi connectivity index (χ1) is 9.66. The van der Waals surface area contributed by atoms with Gasteiger partial charge in [0.25, 0.3) is 0 Å². The number of allylic oxidation sites excluding steroid dienone is 1. The summed E-state index contributed by atoms with van der Waals surface area (Å²) in [6.45, 7) is 1.82. The molecule has 3 nitrogen and oxygen atoms in total. The predicted octanol–water partition coefficient (Wildman–Crippen LogP) is 3.88. The number of nitrogens with zero attached hydrogens (tertiary/aromatic N) is 1. The molecule has 4 heteroatoms. The third-order valence-electron chi connectivity index (χ3n) is 3.52. The van der Waals surface area contributed by atoms with E-state index in [1.165, 1.54) is 0 Å². The lowest BCUT2D eigenvalue weighted by Crippen LogP contribution is -2.30. The number of hydrogen-bond donors (Lipinski definition) is 1. The summed E-state index contributed by atoms with van der Waals surface area (Å²) in [5, 5.41) is 12.1. The summed E-state index contributed by atoms with van der Waals surface area (Å²) in [6.07, 6.45) is 2.28. The highest BCUT2D eigenvalue weighted by molar-refractivity contribution is 7.10. The zero-order valence-corrected chi connectivity index (χ0v) is 11.9. The average Bonchev–Trinajstić information content (AvgIpc) is 2.96. The van der Waals surface area contributed by atoms with Gasteiger partial charge in [-0.25, -0.2) is 0 Å². The number of hydrogen-bond acceptors (Lipinski definition) is 4. The smallest absolute Gasteiger partial charge is 0.162 e. The first-order valence-corrected chi connectivity index (χ1v) is 7.36. The van der Waals surface area contributed by atoms with Crippen molar-refractivity contribution in [1.82, 2.24) is 0 Å². The topological polar surface area (TPSA) is 40.5 Å². The maximum Gasteiger partial charge on any atom is 0.162 e. The van der Waals surface area contributed by atoms with Gasteiger partial charge < -0.3 is 10.0 Å². The van der Waals surface area contributed by atoms with Crippen molar-refractivity contribution >= 4 is 22.8 Å². The molecule has 1 N–H and O–H groups in total. The zero-order valence-electron chi connectivity index (χ0n) is 11.1. The van der Waals surface area contributed by atoms with Crippen LogP contribution in [0.15, 0.2) is 53.6 Å². The van der Waals surface area contributed by atoms with Gasteiger partial charge in [0.2, 0.25) is 0 Å². The van der Waals surface area contributed by atoms with Gasteiger partial charge in [-0.3, -0.25) is 4.79 Å². The minimum Gasteiger partial charge on any atom is -0.506 e. The van der Waals surface area contributed by atoms with Crippen molar-refractivity contribution in [1.29, 1.82) is 0 Å². The highest BCUT2D eigenvalue weighted by Crippen LogP contribution is 2.40. The number of aromatic hydroxyl groups is 1. The Morgan fingerprint density at radius 1 is 1.25 bits per heavy atom. The van der Waals surface area contributed by atoms with Crippen molar-refractivity contribution in [3.63, 3.8) is 0 Å². The van der Waals surface area contributed by atoms with Gasteiger partial charge in [-0.15, -0.1) is 11.3 Å². The fourth-order valence-corrected chi connectivity index (χ4v) is 3.27. The van der Waals surface area contributed by atoms with Crippen LogP contribution in [0.25, 0.3) is 0 Å². The Kier molecular flexibility index (Phi) is 3.32. The highest BCUT2D eigenvalue weighted by atomic mass is 32.1. The van der Waals surface area contributed by atoms with E-state index in [2.05, 4.69) is 0 Å². The molecule has 0 amide bonds. The monoisotopic (exact) mass is 285 g/mol. The summed E-state index contributed by atoms with van der Waals surface area (Å²) in [4.78, 5) is 15.1. The molecule has 0 spiro atoms. The first kappa shape index (κ1) is 12.9. The number of Topliss-reactive ketones (excluding diaryl/α,β-unsaturated/α-hetero) is 1. The van der Waals surface area contributed by atoms with E-state index in [1.54, 1.807) is 23.5 Å². The SMILES string of the molecule is CC1=CN(c2ccccc2O)[C@H](c2cccs2)CC1=O. The molecule has 102 valence electrons. The normalized spacial score (nSPS) is 19.1. The minimum atomic E-state index is -0.0421. The number of carbonyl (C=O) groups excluding carboxylic acids is 1. The van der Waals surface area contributed by atoms with Gasteiger partial charge >= 0.3 is 0 Å². The molecule has 0 bridgehead atoms. The third kappa shape index (κ3) is 2.23. The van der Waals surface area contributed by atoms with Crippen LogP contribution in [-0.2, 0) is 4.79 Å². The van der Waals surface area contributed by atoms with Crippen molar-refractivity contribution in [3.8, 4) is 5.75 Å². The van der Waals surface area contributed by atoms with Gasteiger partial charge in [-0.1, -0.05) is 18.2 Å². The highest BCUT2D eigenvalue weighted by Gasteiger charge is 2.29. The third-order valence-corrected chi connectivity index (χ3v) is 4.49.